The van der Waals surface area contributed by atoms with Crippen LogP contribution >= 0.6 is 0 Å². The van der Waals surface area contributed by atoms with E-state index in [1.807, 2.05) is 0 Å². The number of amides is 2. The van der Waals surface area contributed by atoms with Crippen molar-refractivity contribution in [2.24, 2.45) is 16.1 Å². The lowest BCUT2D eigenvalue weighted by Crippen LogP contribution is -2.29. The first-order chi connectivity index (χ1) is 12.0. The van der Waals surface area contributed by atoms with Crippen LogP contribution in [0.3, 0.4) is 0 Å². The average molecular weight is 348 g/mol. The molecule has 1 aromatic carbocycles. The summed E-state index contributed by atoms with van der Waals surface area (Å²) in [4.78, 5) is 23.4. The number of methoxy groups -OCH3 is 3. The van der Waals surface area contributed by atoms with E-state index in [2.05, 4.69) is 21.1 Å². The van der Waals surface area contributed by atoms with Gasteiger partial charge in [0.25, 0.3) is 0 Å². The minimum atomic E-state index is -0.559. The third-order valence-electron chi connectivity index (χ3n) is 3.64. The second-order valence-electron chi connectivity index (χ2n) is 5.24. The smallest absolute Gasteiger partial charge is 0.249 e. The first kappa shape index (κ1) is 18.2. The Morgan fingerprint density at radius 3 is 2.40 bits per heavy atom. The van der Waals surface area contributed by atoms with E-state index in [0.29, 0.717) is 28.5 Å². The molecule has 1 aliphatic rings. The normalized spacial score (nSPS) is 16.4. The standard InChI is InChI=1S/C16H20N4O5/c1-9-11(16(22)20-18-9)7-14(21)19-17-8-10-5-12(23-2)15(25-4)13(6-10)24-3/h5-6,8,11H,7H2,1-4H3,(H,19,21)(H,20,22)/b17-8-/t11-/m1/s1. The van der Waals surface area contributed by atoms with Crippen LogP contribution in [0.2, 0.25) is 0 Å². The lowest BCUT2D eigenvalue weighted by atomic mass is 10.0. The van der Waals surface area contributed by atoms with E-state index in [4.69, 9.17) is 14.2 Å². The highest BCUT2D eigenvalue weighted by molar-refractivity contribution is 6.09. The summed E-state index contributed by atoms with van der Waals surface area (Å²) in [5.41, 5.74) is 5.94. The summed E-state index contributed by atoms with van der Waals surface area (Å²) in [6, 6.07) is 3.39. The molecule has 0 radical (unpaired) electrons. The van der Waals surface area contributed by atoms with Crippen LogP contribution in [0.5, 0.6) is 17.2 Å². The SMILES string of the molecule is COc1cc(/C=N\NC(=O)C[C@H]2C(=O)NN=C2C)cc(OC)c1OC. The van der Waals surface area contributed by atoms with Gasteiger partial charge in [0, 0.05) is 17.7 Å². The van der Waals surface area contributed by atoms with Gasteiger partial charge in [0.2, 0.25) is 17.6 Å². The Morgan fingerprint density at radius 1 is 1.28 bits per heavy atom. The molecular weight excluding hydrogens is 328 g/mol. The minimum Gasteiger partial charge on any atom is -0.493 e. The van der Waals surface area contributed by atoms with Gasteiger partial charge in [-0.25, -0.2) is 10.9 Å². The summed E-state index contributed by atoms with van der Waals surface area (Å²) >= 11 is 0. The van der Waals surface area contributed by atoms with Crippen molar-refractivity contribution in [2.75, 3.05) is 21.3 Å². The number of carbonyl (C=O) groups is 2. The van der Waals surface area contributed by atoms with Crippen LogP contribution in [0.15, 0.2) is 22.3 Å². The Bertz CT molecular complexity index is 704. The van der Waals surface area contributed by atoms with Gasteiger partial charge in [-0.15, -0.1) is 0 Å². The summed E-state index contributed by atoms with van der Waals surface area (Å²) < 4.78 is 15.7. The molecule has 0 fully saturated rings. The van der Waals surface area contributed by atoms with Gasteiger partial charge in [-0.05, 0) is 19.1 Å². The number of benzene rings is 1. The molecule has 0 saturated heterocycles. The fraction of sp³-hybridized carbons (Fsp3) is 0.375. The summed E-state index contributed by atoms with van der Waals surface area (Å²) in [7, 11) is 4.53. The van der Waals surface area contributed by atoms with Crippen LogP contribution in [0.25, 0.3) is 0 Å². The highest BCUT2D eigenvalue weighted by Crippen LogP contribution is 2.37. The van der Waals surface area contributed by atoms with Crippen molar-refractivity contribution in [3.8, 4) is 17.2 Å². The Hall–Kier alpha value is -3.10. The van der Waals surface area contributed by atoms with Crippen molar-refractivity contribution in [3.63, 3.8) is 0 Å². The van der Waals surface area contributed by atoms with Crippen LogP contribution in [0.1, 0.15) is 18.9 Å². The van der Waals surface area contributed by atoms with Crippen LogP contribution in [0.4, 0.5) is 0 Å². The van der Waals surface area contributed by atoms with Crippen molar-refractivity contribution < 1.29 is 23.8 Å². The van der Waals surface area contributed by atoms with Gasteiger partial charge >= 0.3 is 0 Å². The largest absolute Gasteiger partial charge is 0.493 e. The number of hydrazone groups is 2. The molecule has 0 aromatic heterocycles. The molecule has 134 valence electrons. The summed E-state index contributed by atoms with van der Waals surface area (Å²) in [5, 5.41) is 7.68. The quantitative estimate of drug-likeness (QED) is 0.556. The van der Waals surface area contributed by atoms with Gasteiger partial charge < -0.3 is 14.2 Å². The third-order valence-corrected chi connectivity index (χ3v) is 3.64. The van der Waals surface area contributed by atoms with E-state index in [-0.39, 0.29) is 18.2 Å². The molecule has 0 unspecified atom stereocenters. The van der Waals surface area contributed by atoms with E-state index in [0.717, 1.165) is 0 Å². The lowest BCUT2D eigenvalue weighted by molar-refractivity contribution is -0.127. The zero-order valence-electron chi connectivity index (χ0n) is 14.5. The number of carbonyl (C=O) groups excluding carboxylic acids is 2. The molecule has 9 heteroatoms. The Balaban J connectivity index is 2.03. The number of hydrogen-bond donors (Lipinski definition) is 2. The van der Waals surface area contributed by atoms with E-state index in [9.17, 15) is 9.59 Å². The first-order valence-electron chi connectivity index (χ1n) is 7.46. The monoisotopic (exact) mass is 348 g/mol. The number of hydrogen-bond acceptors (Lipinski definition) is 7. The van der Waals surface area contributed by atoms with Gasteiger partial charge in [0.15, 0.2) is 11.5 Å². The molecular formula is C16H20N4O5. The van der Waals surface area contributed by atoms with E-state index in [1.54, 1.807) is 19.1 Å². The predicted octanol–water partition coefficient (Wildman–Crippen LogP) is 0.674. The van der Waals surface area contributed by atoms with Gasteiger partial charge in [0.05, 0.1) is 33.5 Å². The number of nitrogens with zero attached hydrogens (tertiary/aromatic N) is 2. The van der Waals surface area contributed by atoms with Crippen molar-refractivity contribution >= 4 is 23.7 Å². The van der Waals surface area contributed by atoms with Gasteiger partial charge in [0.1, 0.15) is 0 Å². The minimum absolute atomic E-state index is 0.0201. The second kappa shape index (κ2) is 8.13. The Labute approximate surface area is 145 Å². The molecule has 2 rings (SSSR count). The number of ether oxygens (including phenoxy) is 3. The molecule has 0 spiro atoms. The average Bonchev–Trinajstić information content (AvgIpc) is 2.92. The third kappa shape index (κ3) is 4.25. The van der Waals surface area contributed by atoms with E-state index < -0.39 is 5.92 Å². The molecule has 0 saturated carbocycles. The Morgan fingerprint density at radius 2 is 1.92 bits per heavy atom. The summed E-state index contributed by atoms with van der Waals surface area (Å²) in [6.45, 7) is 1.69. The molecule has 2 amide bonds. The molecule has 1 heterocycles. The highest BCUT2D eigenvalue weighted by Gasteiger charge is 2.28. The van der Waals surface area contributed by atoms with Crippen LogP contribution in [0, 0.1) is 5.92 Å². The van der Waals surface area contributed by atoms with Crippen molar-refractivity contribution in [3.05, 3.63) is 17.7 Å². The second-order valence-corrected chi connectivity index (χ2v) is 5.24. The first-order valence-corrected chi connectivity index (χ1v) is 7.46. The maximum atomic E-state index is 11.9. The van der Waals surface area contributed by atoms with E-state index in [1.165, 1.54) is 27.5 Å². The number of nitrogens with one attached hydrogen (secondary N) is 2. The van der Waals surface area contributed by atoms with Crippen LogP contribution < -0.4 is 25.1 Å². The summed E-state index contributed by atoms with van der Waals surface area (Å²) in [5.74, 6) is 0.180. The van der Waals surface area contributed by atoms with Crippen molar-refractivity contribution in [1.29, 1.82) is 0 Å². The van der Waals surface area contributed by atoms with Gasteiger partial charge in [-0.2, -0.15) is 10.2 Å². The molecule has 0 bridgehead atoms. The van der Waals surface area contributed by atoms with Crippen LogP contribution in [-0.2, 0) is 9.59 Å². The molecule has 9 nitrogen and oxygen atoms in total. The van der Waals surface area contributed by atoms with Crippen LogP contribution in [-0.4, -0.2) is 45.1 Å². The highest BCUT2D eigenvalue weighted by atomic mass is 16.5. The van der Waals surface area contributed by atoms with Gasteiger partial charge in [-0.3, -0.25) is 9.59 Å². The van der Waals surface area contributed by atoms with Gasteiger partial charge in [-0.1, -0.05) is 0 Å². The zero-order chi connectivity index (χ0) is 18.4. The van der Waals surface area contributed by atoms with Crippen molar-refractivity contribution in [2.45, 2.75) is 13.3 Å². The molecule has 25 heavy (non-hydrogen) atoms. The topological polar surface area (TPSA) is 111 Å². The van der Waals surface area contributed by atoms with E-state index >= 15 is 0 Å². The molecule has 1 atom stereocenters. The maximum absolute atomic E-state index is 11.9. The Kier molecular flexibility index (Phi) is 5.93. The predicted molar refractivity (Wildman–Crippen MR) is 91.2 cm³/mol. The maximum Gasteiger partial charge on any atom is 0.249 e. The molecule has 2 N–H and O–H groups in total. The summed E-state index contributed by atoms with van der Waals surface area (Å²) in [6.07, 6.45) is 1.42. The number of rotatable bonds is 7. The fourth-order valence-electron chi connectivity index (χ4n) is 2.31. The fourth-order valence-corrected chi connectivity index (χ4v) is 2.31. The molecule has 1 aromatic rings. The van der Waals surface area contributed by atoms with Crippen molar-refractivity contribution in [1.82, 2.24) is 10.9 Å². The molecule has 0 aliphatic carbocycles. The molecule has 1 aliphatic heterocycles. The lowest BCUT2D eigenvalue weighted by Gasteiger charge is -2.12. The zero-order valence-corrected chi connectivity index (χ0v) is 14.5.